The Balaban J connectivity index is 1.48. The van der Waals surface area contributed by atoms with Crippen LogP contribution in [0.25, 0.3) is 22.2 Å². The summed E-state index contributed by atoms with van der Waals surface area (Å²) in [4.78, 5) is 30.8. The lowest BCUT2D eigenvalue weighted by molar-refractivity contribution is -0.144. The third-order valence-corrected chi connectivity index (χ3v) is 7.19. The fraction of sp³-hybridized carbons (Fsp3) is 0.259. The first-order chi connectivity index (χ1) is 16.1. The molecule has 6 heteroatoms. The van der Waals surface area contributed by atoms with Gasteiger partial charge in [-0.25, -0.2) is 0 Å². The van der Waals surface area contributed by atoms with Crippen LogP contribution in [0.1, 0.15) is 29.6 Å². The monoisotopic (exact) mass is 439 g/mol. The average molecular weight is 440 g/mol. The predicted molar refractivity (Wildman–Crippen MR) is 127 cm³/mol. The molecule has 6 nitrogen and oxygen atoms in total. The highest BCUT2D eigenvalue weighted by molar-refractivity contribution is 5.95. The summed E-state index contributed by atoms with van der Waals surface area (Å²) in [6.45, 7) is 1.92. The molecule has 0 saturated carbocycles. The fourth-order valence-corrected chi connectivity index (χ4v) is 5.89. The van der Waals surface area contributed by atoms with Gasteiger partial charge in [-0.15, -0.1) is 0 Å². The largest absolute Gasteiger partial charge is 0.480 e. The first kappa shape index (κ1) is 20.0. The lowest BCUT2D eigenvalue weighted by atomic mass is 9.81. The van der Waals surface area contributed by atoms with Gasteiger partial charge in [0.2, 0.25) is 0 Å². The summed E-state index contributed by atoms with van der Waals surface area (Å²) in [5.41, 5.74) is 4.64. The Morgan fingerprint density at radius 3 is 2.55 bits per heavy atom. The lowest BCUT2D eigenvalue weighted by Crippen LogP contribution is -2.49. The number of benzene rings is 2. The molecule has 2 aliphatic rings. The Morgan fingerprint density at radius 1 is 0.939 bits per heavy atom. The fourth-order valence-electron chi connectivity index (χ4n) is 5.89. The second-order valence-corrected chi connectivity index (χ2v) is 9.22. The van der Waals surface area contributed by atoms with Crippen molar-refractivity contribution in [3.8, 4) is 11.3 Å². The number of aliphatic carboxylic acids is 1. The average Bonchev–Trinajstić information content (AvgIpc) is 3.20. The summed E-state index contributed by atoms with van der Waals surface area (Å²) >= 11 is 0. The molecule has 2 N–H and O–H groups in total. The van der Waals surface area contributed by atoms with Gasteiger partial charge in [0, 0.05) is 53.8 Å². The SMILES string of the molecule is O=C(O)[C@H](c1c(-c2ccccc2)[nH]c2ccccc12)N1C[C@H]2C[C@H](C1)c1cccc(=O)n1C2. The minimum absolute atomic E-state index is 0.0356. The standard InChI is InChI=1S/C27H25N3O3/c31-23-12-6-11-22-19-13-17(15-30(22)23)14-29(16-19)26(27(32)33)24-20-9-4-5-10-21(20)28-25(24)18-7-2-1-3-8-18/h1-12,17,19,26,28H,13-16H2,(H,32,33)/t17-,19-,26+/m1/s1. The molecular weight excluding hydrogens is 414 g/mol. The van der Waals surface area contributed by atoms with Crippen molar-refractivity contribution in [2.24, 2.45) is 5.92 Å². The van der Waals surface area contributed by atoms with Crippen LogP contribution in [-0.2, 0) is 11.3 Å². The molecule has 0 unspecified atom stereocenters. The molecule has 4 aromatic rings. The van der Waals surface area contributed by atoms with Crippen LogP contribution < -0.4 is 5.56 Å². The van der Waals surface area contributed by atoms with Crippen LogP contribution in [0, 0.1) is 5.92 Å². The zero-order valence-electron chi connectivity index (χ0n) is 18.1. The number of piperidine rings is 1. The summed E-state index contributed by atoms with van der Waals surface area (Å²) in [5, 5.41) is 11.5. The number of pyridine rings is 1. The van der Waals surface area contributed by atoms with Crippen LogP contribution >= 0.6 is 0 Å². The summed E-state index contributed by atoms with van der Waals surface area (Å²) < 4.78 is 1.88. The molecule has 1 saturated heterocycles. The highest BCUT2D eigenvalue weighted by Crippen LogP contribution is 2.42. The number of H-pyrrole nitrogens is 1. The summed E-state index contributed by atoms with van der Waals surface area (Å²) in [6, 6.07) is 22.5. The zero-order chi connectivity index (χ0) is 22.5. The van der Waals surface area contributed by atoms with Crippen molar-refractivity contribution in [2.75, 3.05) is 13.1 Å². The predicted octanol–water partition coefficient (Wildman–Crippen LogP) is 4.24. The number of aromatic amines is 1. The van der Waals surface area contributed by atoms with Gasteiger partial charge in [-0.05, 0) is 30.0 Å². The summed E-state index contributed by atoms with van der Waals surface area (Å²) in [7, 11) is 0. The van der Waals surface area contributed by atoms with Crippen LogP contribution in [0.4, 0.5) is 0 Å². The van der Waals surface area contributed by atoms with Crippen molar-refractivity contribution in [2.45, 2.75) is 24.9 Å². The van der Waals surface area contributed by atoms with E-state index in [2.05, 4.69) is 9.88 Å². The number of carboxylic acid groups (broad SMARTS) is 1. The van der Waals surface area contributed by atoms with Crippen molar-refractivity contribution < 1.29 is 9.90 Å². The van der Waals surface area contributed by atoms with Crippen molar-refractivity contribution in [3.05, 3.63) is 94.4 Å². The molecule has 33 heavy (non-hydrogen) atoms. The van der Waals surface area contributed by atoms with E-state index in [-0.39, 0.29) is 17.4 Å². The second kappa shape index (κ2) is 7.74. The molecule has 2 aromatic carbocycles. The number of hydrogen-bond acceptors (Lipinski definition) is 3. The number of nitrogens with one attached hydrogen (secondary N) is 1. The Labute approximate surface area is 191 Å². The van der Waals surface area contributed by atoms with Crippen LogP contribution in [0.3, 0.4) is 0 Å². The third kappa shape index (κ3) is 3.29. The smallest absolute Gasteiger partial charge is 0.325 e. The van der Waals surface area contributed by atoms with Gasteiger partial charge in [-0.3, -0.25) is 14.5 Å². The molecular formula is C27H25N3O3. The molecule has 0 aliphatic carbocycles. The van der Waals surface area contributed by atoms with Gasteiger partial charge in [-0.1, -0.05) is 54.6 Å². The normalized spacial score (nSPS) is 21.0. The van der Waals surface area contributed by atoms with Crippen molar-refractivity contribution in [1.29, 1.82) is 0 Å². The number of likely N-dealkylation sites (tertiary alicyclic amines) is 1. The summed E-state index contributed by atoms with van der Waals surface area (Å²) in [6.07, 6.45) is 0.992. The molecule has 2 aliphatic heterocycles. The van der Waals surface area contributed by atoms with E-state index in [9.17, 15) is 14.7 Å². The Kier molecular flexibility index (Phi) is 4.69. The minimum Gasteiger partial charge on any atom is -0.480 e. The quantitative estimate of drug-likeness (QED) is 0.499. The lowest BCUT2D eigenvalue weighted by Gasteiger charge is -2.44. The molecule has 1 fully saturated rings. The van der Waals surface area contributed by atoms with Crippen LogP contribution in [-0.4, -0.2) is 38.6 Å². The zero-order valence-corrected chi connectivity index (χ0v) is 18.1. The minimum atomic E-state index is -0.845. The molecule has 0 spiro atoms. The number of fused-ring (bicyclic) bond motifs is 5. The van der Waals surface area contributed by atoms with E-state index < -0.39 is 12.0 Å². The molecule has 6 rings (SSSR count). The van der Waals surface area contributed by atoms with Crippen LogP contribution in [0.5, 0.6) is 0 Å². The molecule has 4 heterocycles. The Hall–Kier alpha value is -3.64. The van der Waals surface area contributed by atoms with Crippen molar-refractivity contribution in [1.82, 2.24) is 14.5 Å². The van der Waals surface area contributed by atoms with Gasteiger partial charge in [-0.2, -0.15) is 0 Å². The highest BCUT2D eigenvalue weighted by atomic mass is 16.4. The number of nitrogens with zero attached hydrogens (tertiary/aromatic N) is 2. The Bertz CT molecular complexity index is 1410. The number of para-hydroxylation sites is 1. The van der Waals surface area contributed by atoms with Gasteiger partial charge in [0.25, 0.3) is 5.56 Å². The number of carbonyl (C=O) groups is 1. The molecule has 3 atom stereocenters. The van der Waals surface area contributed by atoms with Gasteiger partial charge >= 0.3 is 5.97 Å². The van der Waals surface area contributed by atoms with Crippen LogP contribution in [0.15, 0.2) is 77.6 Å². The maximum Gasteiger partial charge on any atom is 0.325 e. The van der Waals surface area contributed by atoms with E-state index in [0.29, 0.717) is 19.6 Å². The molecule has 2 bridgehead atoms. The number of rotatable bonds is 4. The van der Waals surface area contributed by atoms with E-state index >= 15 is 0 Å². The van der Waals surface area contributed by atoms with Gasteiger partial charge in [0.15, 0.2) is 0 Å². The van der Waals surface area contributed by atoms with Crippen molar-refractivity contribution in [3.63, 3.8) is 0 Å². The molecule has 166 valence electrons. The summed E-state index contributed by atoms with van der Waals surface area (Å²) in [5.74, 6) is -0.440. The molecule has 0 radical (unpaired) electrons. The van der Waals surface area contributed by atoms with Gasteiger partial charge in [0.1, 0.15) is 6.04 Å². The number of hydrogen-bond donors (Lipinski definition) is 2. The highest BCUT2D eigenvalue weighted by Gasteiger charge is 2.41. The van der Waals surface area contributed by atoms with E-state index in [1.165, 1.54) is 0 Å². The van der Waals surface area contributed by atoms with E-state index in [1.807, 2.05) is 71.3 Å². The Morgan fingerprint density at radius 2 is 1.73 bits per heavy atom. The molecule has 2 aromatic heterocycles. The van der Waals surface area contributed by atoms with Gasteiger partial charge < -0.3 is 14.7 Å². The second-order valence-electron chi connectivity index (χ2n) is 9.22. The number of carboxylic acids is 1. The first-order valence-electron chi connectivity index (χ1n) is 11.4. The van der Waals surface area contributed by atoms with E-state index in [0.717, 1.165) is 39.8 Å². The number of aromatic nitrogens is 2. The first-order valence-corrected chi connectivity index (χ1v) is 11.4. The van der Waals surface area contributed by atoms with Crippen molar-refractivity contribution >= 4 is 16.9 Å². The third-order valence-electron chi connectivity index (χ3n) is 7.19. The van der Waals surface area contributed by atoms with Crippen LogP contribution in [0.2, 0.25) is 0 Å². The topological polar surface area (TPSA) is 78.3 Å². The maximum absolute atomic E-state index is 12.8. The molecule has 0 amide bonds. The van der Waals surface area contributed by atoms with E-state index in [1.54, 1.807) is 6.07 Å². The maximum atomic E-state index is 12.8. The van der Waals surface area contributed by atoms with Gasteiger partial charge in [0.05, 0.1) is 5.69 Å². The van der Waals surface area contributed by atoms with E-state index in [4.69, 9.17) is 0 Å².